The van der Waals surface area contributed by atoms with Gasteiger partial charge in [-0.2, -0.15) is 0 Å². The lowest BCUT2D eigenvalue weighted by molar-refractivity contribution is -0.0498. The van der Waals surface area contributed by atoms with E-state index in [-0.39, 0.29) is 5.60 Å². The van der Waals surface area contributed by atoms with E-state index in [0.717, 1.165) is 45.8 Å². The monoisotopic (exact) mass is 229 g/mol. The summed E-state index contributed by atoms with van der Waals surface area (Å²) in [6.07, 6.45) is 3.38. The van der Waals surface area contributed by atoms with Crippen LogP contribution in [0.15, 0.2) is 0 Å². The molecule has 0 aromatic carbocycles. The molecule has 96 valence electrons. The molecule has 0 amide bonds. The Morgan fingerprint density at radius 2 is 2.25 bits per heavy atom. The van der Waals surface area contributed by atoms with E-state index in [4.69, 9.17) is 9.47 Å². The molecule has 1 N–H and O–H groups in total. The smallest absolute Gasteiger partial charge is 0.0775 e. The molecule has 0 spiro atoms. The normalized spacial score (nSPS) is 24.6. The lowest BCUT2D eigenvalue weighted by Gasteiger charge is -2.30. The first-order valence-electron chi connectivity index (χ1n) is 6.62. The van der Waals surface area contributed by atoms with Gasteiger partial charge >= 0.3 is 0 Å². The van der Waals surface area contributed by atoms with Crippen LogP contribution in [0.25, 0.3) is 0 Å². The number of hydrogen-bond donors (Lipinski definition) is 1. The van der Waals surface area contributed by atoms with Crippen molar-refractivity contribution in [2.75, 3.05) is 32.9 Å². The van der Waals surface area contributed by atoms with Gasteiger partial charge < -0.3 is 14.8 Å². The summed E-state index contributed by atoms with van der Waals surface area (Å²) in [7, 11) is 0. The lowest BCUT2D eigenvalue weighted by atomic mass is 10.0. The van der Waals surface area contributed by atoms with Crippen molar-refractivity contribution in [3.8, 4) is 0 Å². The van der Waals surface area contributed by atoms with Gasteiger partial charge in [-0.3, -0.25) is 0 Å². The fourth-order valence-electron chi connectivity index (χ4n) is 1.84. The Kier molecular flexibility index (Phi) is 6.32. The topological polar surface area (TPSA) is 30.5 Å². The van der Waals surface area contributed by atoms with E-state index in [0.29, 0.717) is 5.92 Å². The molecule has 1 fully saturated rings. The summed E-state index contributed by atoms with van der Waals surface area (Å²) in [5.41, 5.74) is -0.0161. The molecule has 1 heterocycles. The maximum atomic E-state index is 6.07. The summed E-state index contributed by atoms with van der Waals surface area (Å²) in [5, 5.41) is 3.45. The maximum absolute atomic E-state index is 6.07. The van der Waals surface area contributed by atoms with Gasteiger partial charge in [-0.25, -0.2) is 0 Å². The SMILES string of the molecule is CCCNCC(C)(CC)OCC1CCOC1. The van der Waals surface area contributed by atoms with Crippen molar-refractivity contribution < 1.29 is 9.47 Å². The third-order valence-electron chi connectivity index (χ3n) is 3.37. The molecule has 3 heteroatoms. The Morgan fingerprint density at radius 1 is 1.44 bits per heavy atom. The van der Waals surface area contributed by atoms with E-state index >= 15 is 0 Å². The van der Waals surface area contributed by atoms with Crippen LogP contribution in [0.4, 0.5) is 0 Å². The summed E-state index contributed by atoms with van der Waals surface area (Å²) in [6, 6.07) is 0. The van der Waals surface area contributed by atoms with Crippen molar-refractivity contribution in [2.24, 2.45) is 5.92 Å². The molecule has 0 aromatic rings. The molecule has 0 aromatic heterocycles. The van der Waals surface area contributed by atoms with Crippen LogP contribution >= 0.6 is 0 Å². The maximum Gasteiger partial charge on any atom is 0.0775 e. The van der Waals surface area contributed by atoms with Crippen molar-refractivity contribution in [1.29, 1.82) is 0 Å². The van der Waals surface area contributed by atoms with Crippen molar-refractivity contribution in [3.63, 3.8) is 0 Å². The van der Waals surface area contributed by atoms with Crippen molar-refractivity contribution in [1.82, 2.24) is 5.32 Å². The number of nitrogens with one attached hydrogen (secondary N) is 1. The van der Waals surface area contributed by atoms with Gasteiger partial charge in [-0.15, -0.1) is 0 Å². The number of hydrogen-bond acceptors (Lipinski definition) is 3. The molecule has 1 rings (SSSR count). The van der Waals surface area contributed by atoms with Crippen LogP contribution in [0.3, 0.4) is 0 Å². The molecule has 3 nitrogen and oxygen atoms in total. The molecule has 0 radical (unpaired) electrons. The molecule has 16 heavy (non-hydrogen) atoms. The molecule has 0 bridgehead atoms. The zero-order valence-corrected chi connectivity index (χ0v) is 11.1. The second-order valence-corrected chi connectivity index (χ2v) is 5.02. The minimum atomic E-state index is -0.0161. The molecule has 1 saturated heterocycles. The predicted octanol–water partition coefficient (Wildman–Crippen LogP) is 2.21. The fourth-order valence-corrected chi connectivity index (χ4v) is 1.84. The third-order valence-corrected chi connectivity index (χ3v) is 3.37. The molecule has 1 aliphatic rings. The van der Waals surface area contributed by atoms with Gasteiger partial charge in [0, 0.05) is 19.1 Å². The average Bonchev–Trinajstić information content (AvgIpc) is 2.80. The van der Waals surface area contributed by atoms with Crippen LogP contribution in [0, 0.1) is 5.92 Å². The van der Waals surface area contributed by atoms with Crippen molar-refractivity contribution in [2.45, 2.75) is 45.6 Å². The first-order valence-corrected chi connectivity index (χ1v) is 6.62. The van der Waals surface area contributed by atoms with Crippen LogP contribution in [0.5, 0.6) is 0 Å². The largest absolute Gasteiger partial charge is 0.381 e. The first-order chi connectivity index (χ1) is 7.70. The summed E-state index contributed by atoms with van der Waals surface area (Å²) >= 11 is 0. The molecule has 0 saturated carbocycles. The minimum Gasteiger partial charge on any atom is -0.381 e. The minimum absolute atomic E-state index is 0.0161. The number of ether oxygens (including phenoxy) is 2. The Bertz CT molecular complexity index is 181. The van der Waals surface area contributed by atoms with E-state index in [1.54, 1.807) is 0 Å². The van der Waals surface area contributed by atoms with Gasteiger partial charge in [0.05, 0.1) is 18.8 Å². The highest BCUT2D eigenvalue weighted by Crippen LogP contribution is 2.19. The first kappa shape index (κ1) is 13.9. The van der Waals surface area contributed by atoms with Crippen LogP contribution in [-0.2, 0) is 9.47 Å². The molecule has 2 unspecified atom stereocenters. The van der Waals surface area contributed by atoms with E-state index in [1.807, 2.05) is 0 Å². The molecular weight excluding hydrogens is 202 g/mol. The quantitative estimate of drug-likeness (QED) is 0.647. The molecule has 2 atom stereocenters. The fraction of sp³-hybridized carbons (Fsp3) is 1.00. The van der Waals surface area contributed by atoms with Crippen molar-refractivity contribution in [3.05, 3.63) is 0 Å². The van der Waals surface area contributed by atoms with Crippen molar-refractivity contribution >= 4 is 0 Å². The standard InChI is InChI=1S/C13H27NO2/c1-4-7-14-11-13(3,5-2)16-10-12-6-8-15-9-12/h12,14H,4-11H2,1-3H3. The second kappa shape index (κ2) is 7.25. The van der Waals surface area contributed by atoms with Gasteiger partial charge in [-0.05, 0) is 32.7 Å². The summed E-state index contributed by atoms with van der Waals surface area (Å²) in [5.74, 6) is 0.608. The highest BCUT2D eigenvalue weighted by atomic mass is 16.5. The third kappa shape index (κ3) is 4.81. The Morgan fingerprint density at radius 3 is 2.81 bits per heavy atom. The van der Waals surface area contributed by atoms with Crippen LogP contribution in [0.1, 0.15) is 40.0 Å². The summed E-state index contributed by atoms with van der Waals surface area (Å²) < 4.78 is 11.4. The summed E-state index contributed by atoms with van der Waals surface area (Å²) in [4.78, 5) is 0. The van der Waals surface area contributed by atoms with Gasteiger partial charge in [-0.1, -0.05) is 13.8 Å². The van der Waals surface area contributed by atoms with E-state index < -0.39 is 0 Å². The summed E-state index contributed by atoms with van der Waals surface area (Å²) in [6.45, 7) is 11.2. The molecule has 1 aliphatic heterocycles. The highest BCUT2D eigenvalue weighted by molar-refractivity contribution is 4.77. The molecule has 0 aliphatic carbocycles. The highest BCUT2D eigenvalue weighted by Gasteiger charge is 2.25. The van der Waals surface area contributed by atoms with Crippen LogP contribution < -0.4 is 5.32 Å². The number of rotatable bonds is 8. The van der Waals surface area contributed by atoms with Gasteiger partial charge in [0.1, 0.15) is 0 Å². The zero-order chi connectivity index (χ0) is 11.9. The zero-order valence-electron chi connectivity index (χ0n) is 11.1. The van der Waals surface area contributed by atoms with Gasteiger partial charge in [0.2, 0.25) is 0 Å². The lowest BCUT2D eigenvalue weighted by Crippen LogP contribution is -2.41. The Balaban J connectivity index is 2.21. The second-order valence-electron chi connectivity index (χ2n) is 5.02. The molecular formula is C13H27NO2. The van der Waals surface area contributed by atoms with E-state index in [9.17, 15) is 0 Å². The van der Waals surface area contributed by atoms with E-state index in [2.05, 4.69) is 26.1 Å². The van der Waals surface area contributed by atoms with Crippen LogP contribution in [-0.4, -0.2) is 38.5 Å². The average molecular weight is 229 g/mol. The van der Waals surface area contributed by atoms with Gasteiger partial charge in [0.25, 0.3) is 0 Å². The Hall–Kier alpha value is -0.120. The van der Waals surface area contributed by atoms with E-state index in [1.165, 1.54) is 6.42 Å². The van der Waals surface area contributed by atoms with Crippen LogP contribution in [0.2, 0.25) is 0 Å². The predicted molar refractivity (Wildman–Crippen MR) is 66.7 cm³/mol. The Labute approximate surface area is 99.9 Å². The van der Waals surface area contributed by atoms with Gasteiger partial charge in [0.15, 0.2) is 0 Å².